The zero-order valence-electron chi connectivity index (χ0n) is 10.1. The van der Waals surface area contributed by atoms with E-state index < -0.39 is 0 Å². The average Bonchev–Trinajstić information content (AvgIpc) is 2.29. The van der Waals surface area contributed by atoms with E-state index >= 15 is 0 Å². The van der Waals surface area contributed by atoms with Crippen molar-refractivity contribution in [2.24, 2.45) is 5.41 Å². The van der Waals surface area contributed by atoms with Crippen LogP contribution in [0, 0.1) is 5.41 Å². The summed E-state index contributed by atoms with van der Waals surface area (Å²) in [6, 6.07) is 0. The Balaban J connectivity index is 2.30. The van der Waals surface area contributed by atoms with Crippen LogP contribution in [0.5, 0.6) is 0 Å². The van der Waals surface area contributed by atoms with Gasteiger partial charge in [0.25, 0.3) is 0 Å². The number of hydrogen-bond donors (Lipinski definition) is 0. The van der Waals surface area contributed by atoms with Crippen LogP contribution in [0.25, 0.3) is 0 Å². The van der Waals surface area contributed by atoms with E-state index in [9.17, 15) is 4.79 Å². The second-order valence-corrected chi connectivity index (χ2v) is 4.84. The van der Waals surface area contributed by atoms with Crippen LogP contribution in [0.1, 0.15) is 45.4 Å². The largest absolute Gasteiger partial charge is 0.465 e. The molecule has 0 aromatic carbocycles. The third-order valence-corrected chi connectivity index (χ3v) is 3.83. The van der Waals surface area contributed by atoms with Crippen molar-refractivity contribution in [2.75, 3.05) is 6.61 Å². The first-order valence-corrected chi connectivity index (χ1v) is 6.25. The van der Waals surface area contributed by atoms with Gasteiger partial charge in [-0.05, 0) is 39.0 Å². The van der Waals surface area contributed by atoms with Crippen LogP contribution >= 0.6 is 0 Å². The fourth-order valence-electron chi connectivity index (χ4n) is 2.93. The number of carbonyl (C=O) groups excluding carboxylic acids is 1. The maximum Gasteiger partial charge on any atom is 0.316 e. The smallest absolute Gasteiger partial charge is 0.316 e. The predicted octanol–water partition coefficient (Wildman–Crippen LogP) is 3.39. The lowest BCUT2D eigenvalue weighted by atomic mass is 9.64. The summed E-state index contributed by atoms with van der Waals surface area (Å²) in [5.74, 6) is -0.00606. The van der Waals surface area contributed by atoms with Crippen molar-refractivity contribution < 1.29 is 9.53 Å². The van der Waals surface area contributed by atoms with Gasteiger partial charge in [-0.1, -0.05) is 30.2 Å². The number of fused-ring (bicyclic) bond motifs is 1. The van der Waals surface area contributed by atoms with Crippen molar-refractivity contribution in [2.45, 2.75) is 45.4 Å². The number of rotatable bonds is 2. The number of carbonyl (C=O) groups is 1. The standard InChI is InChI=1S/C14H20O2/c1-3-16-13(15)14-8-5-4-6-12(14)10-11(2)7-9-14/h10H,2-9H2,1H3/t14-/m1/s1. The molecule has 0 saturated heterocycles. The van der Waals surface area contributed by atoms with Crippen molar-refractivity contribution >= 4 is 5.97 Å². The van der Waals surface area contributed by atoms with E-state index in [1.807, 2.05) is 6.92 Å². The third-order valence-electron chi connectivity index (χ3n) is 3.83. The van der Waals surface area contributed by atoms with Gasteiger partial charge in [-0.15, -0.1) is 0 Å². The van der Waals surface area contributed by atoms with E-state index in [1.54, 1.807) is 0 Å². The SMILES string of the molecule is C=C1C=C2CCCC[C@@]2(C(=O)OCC)CC1. The molecule has 0 aromatic rings. The molecule has 0 spiro atoms. The van der Waals surface area contributed by atoms with Crippen LogP contribution in [-0.4, -0.2) is 12.6 Å². The summed E-state index contributed by atoms with van der Waals surface area (Å²) in [6.07, 6.45) is 8.31. The minimum absolute atomic E-state index is 0.00606. The van der Waals surface area contributed by atoms with E-state index in [4.69, 9.17) is 4.74 Å². The molecule has 0 amide bonds. The molecule has 2 aliphatic rings. The molecule has 1 fully saturated rings. The predicted molar refractivity (Wildman–Crippen MR) is 64.0 cm³/mol. The molecule has 88 valence electrons. The molecule has 2 nitrogen and oxygen atoms in total. The van der Waals surface area contributed by atoms with Crippen LogP contribution in [0.2, 0.25) is 0 Å². The van der Waals surface area contributed by atoms with Crippen molar-refractivity contribution in [3.63, 3.8) is 0 Å². The van der Waals surface area contributed by atoms with Gasteiger partial charge < -0.3 is 4.74 Å². The summed E-state index contributed by atoms with van der Waals surface area (Å²) in [4.78, 5) is 12.2. The molecule has 0 aliphatic heterocycles. The summed E-state index contributed by atoms with van der Waals surface area (Å²) >= 11 is 0. The van der Waals surface area contributed by atoms with E-state index in [2.05, 4.69) is 12.7 Å². The first kappa shape index (κ1) is 11.4. The van der Waals surface area contributed by atoms with Crippen molar-refractivity contribution in [3.8, 4) is 0 Å². The van der Waals surface area contributed by atoms with Crippen molar-refractivity contribution in [1.82, 2.24) is 0 Å². The molecular formula is C14H20O2. The Morgan fingerprint density at radius 1 is 1.44 bits per heavy atom. The highest BCUT2D eigenvalue weighted by Crippen LogP contribution is 2.49. The Morgan fingerprint density at radius 2 is 2.25 bits per heavy atom. The number of hydrogen-bond acceptors (Lipinski definition) is 2. The topological polar surface area (TPSA) is 26.3 Å². The highest BCUT2D eigenvalue weighted by molar-refractivity contribution is 5.81. The van der Waals surface area contributed by atoms with Gasteiger partial charge in [0.2, 0.25) is 0 Å². The lowest BCUT2D eigenvalue weighted by Gasteiger charge is -2.40. The summed E-state index contributed by atoms with van der Waals surface area (Å²) in [7, 11) is 0. The first-order chi connectivity index (χ1) is 7.69. The molecule has 0 aromatic heterocycles. The van der Waals surface area contributed by atoms with Crippen molar-refractivity contribution in [3.05, 3.63) is 23.8 Å². The van der Waals surface area contributed by atoms with Crippen LogP contribution < -0.4 is 0 Å². The lowest BCUT2D eigenvalue weighted by molar-refractivity contribution is -0.154. The maximum atomic E-state index is 12.2. The molecule has 1 atom stereocenters. The monoisotopic (exact) mass is 220 g/mol. The van der Waals surface area contributed by atoms with Gasteiger partial charge in [-0.3, -0.25) is 4.79 Å². The average molecular weight is 220 g/mol. The number of esters is 1. The van der Waals surface area contributed by atoms with Gasteiger partial charge in [0.05, 0.1) is 12.0 Å². The van der Waals surface area contributed by atoms with Gasteiger partial charge in [0.1, 0.15) is 0 Å². The molecule has 0 heterocycles. The minimum atomic E-state index is -0.296. The summed E-state index contributed by atoms with van der Waals surface area (Å²) < 4.78 is 5.27. The molecule has 2 rings (SSSR count). The zero-order valence-corrected chi connectivity index (χ0v) is 10.1. The van der Waals surface area contributed by atoms with Crippen LogP contribution in [0.3, 0.4) is 0 Å². The van der Waals surface area contributed by atoms with E-state index in [0.29, 0.717) is 6.61 Å². The minimum Gasteiger partial charge on any atom is -0.465 e. The Morgan fingerprint density at radius 3 is 3.00 bits per heavy atom. The second kappa shape index (κ2) is 4.44. The normalized spacial score (nSPS) is 29.3. The van der Waals surface area contributed by atoms with Gasteiger partial charge >= 0.3 is 5.97 Å². The second-order valence-electron chi connectivity index (χ2n) is 4.84. The molecule has 0 unspecified atom stereocenters. The Labute approximate surface area is 97.4 Å². The van der Waals surface area contributed by atoms with Gasteiger partial charge in [0.15, 0.2) is 0 Å². The summed E-state index contributed by atoms with van der Waals surface area (Å²) in [5, 5.41) is 0. The third kappa shape index (κ3) is 1.81. The van der Waals surface area contributed by atoms with Gasteiger partial charge in [0, 0.05) is 0 Å². The molecule has 2 heteroatoms. The lowest BCUT2D eigenvalue weighted by Crippen LogP contribution is -2.38. The highest BCUT2D eigenvalue weighted by atomic mass is 16.5. The van der Waals surface area contributed by atoms with Crippen LogP contribution in [-0.2, 0) is 9.53 Å². The molecule has 2 aliphatic carbocycles. The van der Waals surface area contributed by atoms with E-state index in [-0.39, 0.29) is 11.4 Å². The van der Waals surface area contributed by atoms with E-state index in [0.717, 1.165) is 37.7 Å². The molecule has 0 bridgehead atoms. The maximum absolute atomic E-state index is 12.2. The fraction of sp³-hybridized carbons (Fsp3) is 0.643. The zero-order chi connectivity index (χ0) is 11.6. The molecule has 0 N–H and O–H groups in total. The van der Waals surface area contributed by atoms with Crippen LogP contribution in [0.4, 0.5) is 0 Å². The Hall–Kier alpha value is -1.05. The Kier molecular flexibility index (Phi) is 3.17. The molecule has 1 saturated carbocycles. The number of ether oxygens (including phenoxy) is 1. The number of allylic oxidation sites excluding steroid dienone is 2. The first-order valence-electron chi connectivity index (χ1n) is 6.25. The molecule has 0 radical (unpaired) electrons. The van der Waals surface area contributed by atoms with E-state index in [1.165, 1.54) is 12.0 Å². The summed E-state index contributed by atoms with van der Waals surface area (Å²) in [5.41, 5.74) is 2.14. The highest BCUT2D eigenvalue weighted by Gasteiger charge is 2.45. The van der Waals surface area contributed by atoms with Gasteiger partial charge in [-0.25, -0.2) is 0 Å². The fourth-order valence-corrected chi connectivity index (χ4v) is 2.93. The summed E-state index contributed by atoms with van der Waals surface area (Å²) in [6.45, 7) is 6.37. The van der Waals surface area contributed by atoms with Crippen molar-refractivity contribution in [1.29, 1.82) is 0 Å². The Bertz CT molecular complexity index is 341. The quantitative estimate of drug-likeness (QED) is 0.667. The molecular weight excluding hydrogens is 200 g/mol. The van der Waals surface area contributed by atoms with Gasteiger partial charge in [-0.2, -0.15) is 0 Å². The molecule has 16 heavy (non-hydrogen) atoms. The van der Waals surface area contributed by atoms with Crippen LogP contribution in [0.15, 0.2) is 23.8 Å².